The molecule has 0 aliphatic heterocycles. The first kappa shape index (κ1) is 20.2. The lowest BCUT2D eigenvalue weighted by molar-refractivity contribution is -0.116. The van der Waals surface area contributed by atoms with Crippen LogP contribution in [0, 0.1) is 6.92 Å². The minimum atomic E-state index is -3.50. The molecule has 2 aromatic carbocycles. The van der Waals surface area contributed by atoms with Gasteiger partial charge in [-0.2, -0.15) is 0 Å². The molecule has 0 aliphatic carbocycles. The summed E-state index contributed by atoms with van der Waals surface area (Å²) in [7, 11) is -1.96. The summed E-state index contributed by atoms with van der Waals surface area (Å²) >= 11 is 6.06. The maximum Gasteiger partial charge on any atom is 0.226 e. The summed E-state index contributed by atoms with van der Waals surface area (Å²) in [6, 6.07) is 11.4. The Morgan fingerprint density at radius 2 is 1.85 bits per heavy atom. The summed E-state index contributed by atoms with van der Waals surface area (Å²) in [6.07, 6.45) is 0.992. The smallest absolute Gasteiger partial charge is 0.226 e. The van der Waals surface area contributed by atoms with E-state index < -0.39 is 16.1 Å². The number of hydrogen-bond donors (Lipinski definition) is 2. The van der Waals surface area contributed by atoms with Gasteiger partial charge in [0.05, 0.1) is 19.4 Å². The summed E-state index contributed by atoms with van der Waals surface area (Å²) < 4.78 is 30.9. The summed E-state index contributed by atoms with van der Waals surface area (Å²) in [5.41, 5.74) is 2.12. The maximum absolute atomic E-state index is 12.4. The summed E-state index contributed by atoms with van der Waals surface area (Å²) in [5.74, 6) is 0.312. The van der Waals surface area contributed by atoms with E-state index in [9.17, 15) is 13.2 Å². The van der Waals surface area contributed by atoms with E-state index in [1.54, 1.807) is 49.6 Å². The Hall–Kier alpha value is -2.09. The fourth-order valence-electron chi connectivity index (χ4n) is 2.39. The van der Waals surface area contributed by atoms with E-state index in [4.69, 9.17) is 16.3 Å². The van der Waals surface area contributed by atoms with Crippen molar-refractivity contribution in [3.05, 3.63) is 58.6 Å². The van der Waals surface area contributed by atoms with E-state index in [1.165, 1.54) is 0 Å². The normalized spacial score (nSPS) is 12.5. The van der Waals surface area contributed by atoms with Crippen molar-refractivity contribution in [2.75, 3.05) is 18.7 Å². The Balaban J connectivity index is 2.16. The largest absolute Gasteiger partial charge is 0.497 e. The predicted octanol–water partition coefficient (Wildman–Crippen LogP) is 3.28. The highest BCUT2D eigenvalue weighted by atomic mass is 35.5. The number of nitrogens with one attached hydrogen (secondary N) is 2. The van der Waals surface area contributed by atoms with Crippen LogP contribution < -0.4 is 14.8 Å². The number of hydrogen-bond acceptors (Lipinski definition) is 4. The van der Waals surface area contributed by atoms with E-state index in [-0.39, 0.29) is 12.3 Å². The summed E-state index contributed by atoms with van der Waals surface area (Å²) in [5, 5.41) is 3.28. The van der Waals surface area contributed by atoms with Gasteiger partial charge in [0.1, 0.15) is 5.75 Å². The van der Waals surface area contributed by atoms with Gasteiger partial charge in [-0.3, -0.25) is 4.79 Å². The minimum Gasteiger partial charge on any atom is -0.497 e. The monoisotopic (exact) mass is 396 g/mol. The van der Waals surface area contributed by atoms with Gasteiger partial charge >= 0.3 is 0 Å². The van der Waals surface area contributed by atoms with Gasteiger partial charge < -0.3 is 10.1 Å². The molecule has 1 atom stereocenters. The third kappa shape index (κ3) is 6.01. The average Bonchev–Trinajstić information content (AvgIpc) is 2.56. The van der Waals surface area contributed by atoms with Gasteiger partial charge in [-0.1, -0.05) is 29.8 Å². The lowest BCUT2D eigenvalue weighted by Crippen LogP contribution is -2.30. The van der Waals surface area contributed by atoms with E-state index in [0.29, 0.717) is 22.0 Å². The van der Waals surface area contributed by atoms with Crippen LogP contribution >= 0.6 is 11.6 Å². The van der Waals surface area contributed by atoms with Crippen LogP contribution in [-0.2, 0) is 14.8 Å². The van der Waals surface area contributed by atoms with Crippen molar-refractivity contribution < 1.29 is 17.9 Å². The zero-order valence-electron chi connectivity index (χ0n) is 14.7. The van der Waals surface area contributed by atoms with Crippen molar-refractivity contribution in [1.82, 2.24) is 4.72 Å². The van der Waals surface area contributed by atoms with Crippen molar-refractivity contribution in [3.63, 3.8) is 0 Å². The molecule has 2 N–H and O–H groups in total. The van der Waals surface area contributed by atoms with Crippen LogP contribution in [0.15, 0.2) is 42.5 Å². The summed E-state index contributed by atoms with van der Waals surface area (Å²) in [4.78, 5) is 12.4. The number of carbonyl (C=O) groups excluding carboxylic acids is 1. The molecule has 0 saturated carbocycles. The Kier molecular flexibility index (Phi) is 6.63. The number of anilines is 1. The lowest BCUT2D eigenvalue weighted by Gasteiger charge is -2.18. The molecule has 2 rings (SSSR count). The van der Waals surface area contributed by atoms with Crippen LogP contribution in [0.2, 0.25) is 5.02 Å². The number of halogens is 1. The van der Waals surface area contributed by atoms with Gasteiger partial charge in [0.25, 0.3) is 0 Å². The molecule has 0 aromatic heterocycles. The van der Waals surface area contributed by atoms with Crippen LogP contribution in [0.25, 0.3) is 0 Å². The zero-order valence-corrected chi connectivity index (χ0v) is 16.3. The molecule has 0 bridgehead atoms. The van der Waals surface area contributed by atoms with Crippen molar-refractivity contribution in [3.8, 4) is 5.75 Å². The van der Waals surface area contributed by atoms with Crippen molar-refractivity contribution in [2.45, 2.75) is 19.4 Å². The zero-order chi connectivity index (χ0) is 19.3. The molecule has 1 amide bonds. The van der Waals surface area contributed by atoms with Gasteiger partial charge in [-0.05, 0) is 42.3 Å². The first-order valence-corrected chi connectivity index (χ1v) is 10.1. The van der Waals surface area contributed by atoms with Crippen molar-refractivity contribution >= 4 is 33.2 Å². The highest BCUT2D eigenvalue weighted by Gasteiger charge is 2.20. The van der Waals surface area contributed by atoms with Crippen LogP contribution in [0.4, 0.5) is 5.69 Å². The van der Waals surface area contributed by atoms with Crippen LogP contribution in [-0.4, -0.2) is 27.7 Å². The molecule has 26 heavy (non-hydrogen) atoms. The Labute approximate surface area is 158 Å². The molecular weight excluding hydrogens is 376 g/mol. The third-order valence-electron chi connectivity index (χ3n) is 3.72. The maximum atomic E-state index is 12.4. The molecule has 140 valence electrons. The molecule has 1 unspecified atom stereocenters. The first-order valence-electron chi connectivity index (χ1n) is 7.85. The van der Waals surface area contributed by atoms with E-state index in [0.717, 1.165) is 11.8 Å². The second-order valence-corrected chi connectivity index (χ2v) is 8.12. The summed E-state index contributed by atoms with van der Waals surface area (Å²) in [6.45, 7) is 1.86. The van der Waals surface area contributed by atoms with E-state index in [2.05, 4.69) is 10.0 Å². The molecule has 6 nitrogen and oxygen atoms in total. The van der Waals surface area contributed by atoms with Gasteiger partial charge in [0.2, 0.25) is 15.9 Å². The molecule has 0 heterocycles. The second kappa shape index (κ2) is 8.53. The van der Waals surface area contributed by atoms with Crippen molar-refractivity contribution in [1.29, 1.82) is 0 Å². The topological polar surface area (TPSA) is 84.5 Å². The molecule has 8 heteroatoms. The number of carbonyl (C=O) groups is 1. The highest BCUT2D eigenvalue weighted by Crippen LogP contribution is 2.23. The number of amides is 1. The Morgan fingerprint density at radius 1 is 1.19 bits per heavy atom. The SMILES string of the molecule is COc1ccc(C(CC(=O)Nc2ccc(C)c(Cl)c2)NS(C)(=O)=O)cc1. The second-order valence-electron chi connectivity index (χ2n) is 5.93. The third-order valence-corrected chi connectivity index (χ3v) is 4.84. The van der Waals surface area contributed by atoms with Gasteiger partial charge in [0, 0.05) is 17.1 Å². The number of aryl methyl sites for hydroxylation is 1. The van der Waals surface area contributed by atoms with Crippen LogP contribution in [0.3, 0.4) is 0 Å². The van der Waals surface area contributed by atoms with Crippen LogP contribution in [0.1, 0.15) is 23.6 Å². The van der Waals surface area contributed by atoms with Gasteiger partial charge in [-0.15, -0.1) is 0 Å². The number of sulfonamides is 1. The lowest BCUT2D eigenvalue weighted by atomic mass is 10.0. The fourth-order valence-corrected chi connectivity index (χ4v) is 3.31. The van der Waals surface area contributed by atoms with E-state index in [1.807, 2.05) is 6.92 Å². The number of rotatable bonds is 7. The molecule has 0 spiro atoms. The average molecular weight is 397 g/mol. The van der Waals surface area contributed by atoms with E-state index >= 15 is 0 Å². The number of benzene rings is 2. The van der Waals surface area contributed by atoms with Gasteiger partial charge in [0.15, 0.2) is 0 Å². The quantitative estimate of drug-likeness (QED) is 0.752. The molecule has 0 fully saturated rings. The Bertz CT molecular complexity index is 883. The predicted molar refractivity (Wildman–Crippen MR) is 103 cm³/mol. The van der Waals surface area contributed by atoms with Crippen LogP contribution in [0.5, 0.6) is 5.75 Å². The first-order chi connectivity index (χ1) is 12.2. The molecule has 0 aliphatic rings. The fraction of sp³-hybridized carbons (Fsp3) is 0.278. The Morgan fingerprint density at radius 3 is 2.38 bits per heavy atom. The molecular formula is C18H21ClN2O4S. The molecule has 2 aromatic rings. The molecule has 0 radical (unpaired) electrons. The number of methoxy groups -OCH3 is 1. The van der Waals surface area contributed by atoms with Gasteiger partial charge in [-0.25, -0.2) is 13.1 Å². The number of ether oxygens (including phenoxy) is 1. The standard InChI is InChI=1S/C18H21ClN2O4S/c1-12-4-7-14(10-16(12)19)20-18(22)11-17(21-26(3,23)24)13-5-8-15(25-2)9-6-13/h4-10,17,21H,11H2,1-3H3,(H,20,22). The van der Waals surface area contributed by atoms with Crippen molar-refractivity contribution in [2.24, 2.45) is 0 Å². The highest BCUT2D eigenvalue weighted by molar-refractivity contribution is 7.88. The minimum absolute atomic E-state index is 0.0646. The molecule has 0 saturated heterocycles.